The lowest BCUT2D eigenvalue weighted by Gasteiger charge is -2.09. The molecular formula is C13H8O7. The Morgan fingerprint density at radius 1 is 0.800 bits per heavy atom. The van der Waals surface area contributed by atoms with Gasteiger partial charge in [-0.3, -0.25) is 0 Å². The van der Waals surface area contributed by atoms with Crippen LogP contribution in [0.25, 0.3) is 10.8 Å². The first-order valence-corrected chi connectivity index (χ1v) is 5.32. The summed E-state index contributed by atoms with van der Waals surface area (Å²) in [5.74, 6) is -4.80. The molecule has 0 spiro atoms. The summed E-state index contributed by atoms with van der Waals surface area (Å²) in [5.41, 5.74) is -1.02. The number of aromatic hydroxyl groups is 1. The molecule has 0 aromatic heterocycles. The topological polar surface area (TPSA) is 132 Å². The fourth-order valence-corrected chi connectivity index (χ4v) is 1.94. The van der Waals surface area contributed by atoms with Crippen LogP contribution in [0.4, 0.5) is 0 Å². The molecule has 0 bridgehead atoms. The Bertz CT molecular complexity index is 761. The normalized spacial score (nSPS) is 10.4. The van der Waals surface area contributed by atoms with Crippen molar-refractivity contribution in [2.75, 3.05) is 0 Å². The van der Waals surface area contributed by atoms with Gasteiger partial charge in [-0.2, -0.15) is 0 Å². The molecule has 2 aromatic rings. The monoisotopic (exact) mass is 276 g/mol. The van der Waals surface area contributed by atoms with Crippen LogP contribution >= 0.6 is 0 Å². The van der Waals surface area contributed by atoms with Gasteiger partial charge in [-0.25, -0.2) is 14.4 Å². The molecule has 0 saturated carbocycles. The van der Waals surface area contributed by atoms with E-state index < -0.39 is 29.2 Å². The highest BCUT2D eigenvalue weighted by Crippen LogP contribution is 2.31. The van der Waals surface area contributed by atoms with Crippen LogP contribution in [0, 0.1) is 0 Å². The van der Waals surface area contributed by atoms with E-state index in [1.807, 2.05) is 0 Å². The van der Waals surface area contributed by atoms with Crippen LogP contribution in [-0.2, 0) is 0 Å². The number of carboxylic acids is 3. The van der Waals surface area contributed by atoms with Gasteiger partial charge in [0.25, 0.3) is 0 Å². The molecule has 2 aromatic carbocycles. The van der Waals surface area contributed by atoms with Gasteiger partial charge in [0.05, 0.1) is 11.1 Å². The number of fused-ring (bicyclic) bond motifs is 1. The van der Waals surface area contributed by atoms with Crippen molar-refractivity contribution in [1.29, 1.82) is 0 Å². The molecule has 0 fully saturated rings. The summed E-state index contributed by atoms with van der Waals surface area (Å²) in [6.07, 6.45) is 0. The molecule has 0 aliphatic heterocycles. The molecule has 7 heteroatoms. The molecule has 4 N–H and O–H groups in total. The van der Waals surface area contributed by atoms with E-state index in [0.717, 1.165) is 24.3 Å². The van der Waals surface area contributed by atoms with E-state index in [0.29, 0.717) is 0 Å². The highest BCUT2D eigenvalue weighted by atomic mass is 16.4. The van der Waals surface area contributed by atoms with Gasteiger partial charge in [0.1, 0.15) is 11.3 Å². The Morgan fingerprint density at radius 2 is 1.45 bits per heavy atom. The van der Waals surface area contributed by atoms with Crippen LogP contribution in [0.3, 0.4) is 0 Å². The predicted octanol–water partition coefficient (Wildman–Crippen LogP) is 1.64. The predicted molar refractivity (Wildman–Crippen MR) is 66.5 cm³/mol. The standard InChI is InChI=1S/C13H8O7/c14-9-4-8(12(17)18)7-3-5(11(15)16)1-2-6(7)10(9)13(19)20/h1-4,14H,(H,15,16)(H,17,18)(H,19,20). The lowest BCUT2D eigenvalue weighted by atomic mass is 9.96. The second-order valence-electron chi connectivity index (χ2n) is 3.99. The Hall–Kier alpha value is -3.09. The van der Waals surface area contributed by atoms with Gasteiger partial charge < -0.3 is 20.4 Å². The first kappa shape index (κ1) is 13.3. The largest absolute Gasteiger partial charge is 0.507 e. The van der Waals surface area contributed by atoms with E-state index in [1.165, 1.54) is 0 Å². The van der Waals surface area contributed by atoms with Crippen molar-refractivity contribution in [3.8, 4) is 5.75 Å². The van der Waals surface area contributed by atoms with Crippen molar-refractivity contribution < 1.29 is 34.8 Å². The van der Waals surface area contributed by atoms with Crippen LogP contribution in [0.15, 0.2) is 24.3 Å². The van der Waals surface area contributed by atoms with E-state index in [9.17, 15) is 19.5 Å². The Kier molecular flexibility index (Phi) is 3.03. The summed E-state index contributed by atoms with van der Waals surface area (Å²) in [5, 5.41) is 36.5. The van der Waals surface area contributed by atoms with Gasteiger partial charge in [0.15, 0.2) is 0 Å². The van der Waals surface area contributed by atoms with Gasteiger partial charge in [-0.15, -0.1) is 0 Å². The second kappa shape index (κ2) is 4.54. The number of benzene rings is 2. The summed E-state index contributed by atoms with van der Waals surface area (Å²) >= 11 is 0. The van der Waals surface area contributed by atoms with Crippen LogP contribution in [0.1, 0.15) is 31.1 Å². The number of hydrogen-bond donors (Lipinski definition) is 4. The number of phenols is 1. The minimum Gasteiger partial charge on any atom is -0.507 e. The van der Waals surface area contributed by atoms with E-state index in [-0.39, 0.29) is 21.9 Å². The maximum absolute atomic E-state index is 11.1. The summed E-state index contributed by atoms with van der Waals surface area (Å²) in [7, 11) is 0. The summed E-state index contributed by atoms with van der Waals surface area (Å²) < 4.78 is 0. The maximum Gasteiger partial charge on any atom is 0.340 e. The molecule has 0 amide bonds. The van der Waals surface area contributed by atoms with Gasteiger partial charge in [-0.1, -0.05) is 6.07 Å². The van der Waals surface area contributed by atoms with Crippen LogP contribution in [0.5, 0.6) is 5.75 Å². The van der Waals surface area contributed by atoms with Crippen molar-refractivity contribution >= 4 is 28.7 Å². The first-order valence-electron chi connectivity index (χ1n) is 5.32. The van der Waals surface area contributed by atoms with E-state index in [1.54, 1.807) is 0 Å². The summed E-state index contributed by atoms with van der Waals surface area (Å²) in [6, 6.07) is 4.16. The lowest BCUT2D eigenvalue weighted by Crippen LogP contribution is -2.05. The average Bonchev–Trinajstić information content (AvgIpc) is 2.36. The minimum atomic E-state index is -1.44. The molecule has 2 rings (SSSR count). The van der Waals surface area contributed by atoms with Crippen molar-refractivity contribution in [2.45, 2.75) is 0 Å². The number of aromatic carboxylic acids is 3. The molecule has 20 heavy (non-hydrogen) atoms. The molecule has 0 heterocycles. The lowest BCUT2D eigenvalue weighted by molar-refractivity contribution is 0.0681. The van der Waals surface area contributed by atoms with Gasteiger partial charge in [0.2, 0.25) is 0 Å². The maximum atomic E-state index is 11.1. The van der Waals surface area contributed by atoms with Crippen LogP contribution in [0.2, 0.25) is 0 Å². The molecule has 0 atom stereocenters. The van der Waals surface area contributed by atoms with Gasteiger partial charge >= 0.3 is 17.9 Å². The fraction of sp³-hybridized carbons (Fsp3) is 0. The molecule has 0 unspecified atom stereocenters. The van der Waals surface area contributed by atoms with Crippen molar-refractivity contribution in [1.82, 2.24) is 0 Å². The second-order valence-corrected chi connectivity index (χ2v) is 3.99. The Labute approximate surface area is 111 Å². The third-order valence-electron chi connectivity index (χ3n) is 2.81. The molecule has 0 aliphatic rings. The number of carbonyl (C=O) groups is 3. The van der Waals surface area contributed by atoms with E-state index >= 15 is 0 Å². The quantitative estimate of drug-likeness (QED) is 0.669. The van der Waals surface area contributed by atoms with Crippen LogP contribution < -0.4 is 0 Å². The molecule has 102 valence electrons. The zero-order valence-corrected chi connectivity index (χ0v) is 9.82. The molecule has 0 radical (unpaired) electrons. The van der Waals surface area contributed by atoms with Crippen molar-refractivity contribution in [2.24, 2.45) is 0 Å². The molecular weight excluding hydrogens is 268 g/mol. The van der Waals surface area contributed by atoms with E-state index in [4.69, 9.17) is 15.3 Å². The van der Waals surface area contributed by atoms with E-state index in [2.05, 4.69) is 0 Å². The van der Waals surface area contributed by atoms with Crippen molar-refractivity contribution in [3.63, 3.8) is 0 Å². The first-order chi connectivity index (χ1) is 9.32. The zero-order chi connectivity index (χ0) is 15.0. The number of carboxylic acid groups (broad SMARTS) is 3. The van der Waals surface area contributed by atoms with Gasteiger partial charge in [-0.05, 0) is 23.6 Å². The SMILES string of the molecule is O=C(O)c1ccc2c(C(=O)O)c(O)cc(C(=O)O)c2c1. The third kappa shape index (κ3) is 2.01. The molecule has 0 aliphatic carbocycles. The average molecular weight is 276 g/mol. The molecule has 7 nitrogen and oxygen atoms in total. The summed E-state index contributed by atoms with van der Waals surface area (Å²) in [4.78, 5) is 33.1. The Morgan fingerprint density at radius 3 is 1.95 bits per heavy atom. The highest BCUT2D eigenvalue weighted by Gasteiger charge is 2.21. The summed E-state index contributed by atoms with van der Waals surface area (Å²) in [6.45, 7) is 0. The number of rotatable bonds is 3. The van der Waals surface area contributed by atoms with Crippen molar-refractivity contribution in [3.05, 3.63) is 41.0 Å². The minimum absolute atomic E-state index is 0.0418. The molecule has 0 saturated heterocycles. The van der Waals surface area contributed by atoms with Crippen LogP contribution in [-0.4, -0.2) is 38.3 Å². The highest BCUT2D eigenvalue weighted by molar-refractivity contribution is 6.14. The smallest absolute Gasteiger partial charge is 0.340 e. The third-order valence-corrected chi connectivity index (χ3v) is 2.81. The zero-order valence-electron chi connectivity index (χ0n) is 9.82. The van der Waals surface area contributed by atoms with Gasteiger partial charge in [0, 0.05) is 5.39 Å². The fourth-order valence-electron chi connectivity index (χ4n) is 1.94. The number of hydrogen-bond acceptors (Lipinski definition) is 4. The Balaban J connectivity index is 2.97.